The van der Waals surface area contributed by atoms with E-state index in [4.69, 9.17) is 16.3 Å². The number of methoxy groups -OCH3 is 1. The number of aryl methyl sites for hydroxylation is 1. The molecule has 80 valence electrons. The second kappa shape index (κ2) is 4.11. The van der Waals surface area contributed by atoms with E-state index in [1.165, 1.54) is 0 Å². The van der Waals surface area contributed by atoms with E-state index in [1.54, 1.807) is 7.11 Å². The molecular weight excluding hydrogens is 214 g/mol. The fourth-order valence-electron chi connectivity index (χ4n) is 1.64. The quantitative estimate of drug-likeness (QED) is 0.744. The van der Waals surface area contributed by atoms with Gasteiger partial charge in [-0.25, -0.2) is 0 Å². The molecule has 0 bridgehead atoms. The molecule has 0 spiro atoms. The van der Waals surface area contributed by atoms with Crippen LogP contribution in [0.25, 0.3) is 0 Å². The Kier molecular flexibility index (Phi) is 2.82. The monoisotopic (exact) mass is 225 g/mol. The maximum absolute atomic E-state index is 11.5. The number of hydrogen-bond acceptors (Lipinski definition) is 2. The van der Waals surface area contributed by atoms with Crippen LogP contribution in [0.4, 0.5) is 5.69 Å². The van der Waals surface area contributed by atoms with Gasteiger partial charge in [0.15, 0.2) is 0 Å². The zero-order valence-corrected chi connectivity index (χ0v) is 9.17. The lowest BCUT2D eigenvalue weighted by molar-refractivity contribution is -0.115. The topological polar surface area (TPSA) is 38.3 Å². The van der Waals surface area contributed by atoms with Gasteiger partial charge in [-0.3, -0.25) is 4.79 Å². The zero-order valence-electron chi connectivity index (χ0n) is 8.42. The number of amides is 1. The highest BCUT2D eigenvalue weighted by Gasteiger charge is 2.21. The first-order valence-electron chi connectivity index (χ1n) is 4.82. The molecule has 4 heteroatoms. The van der Waals surface area contributed by atoms with E-state index < -0.39 is 5.38 Å². The summed E-state index contributed by atoms with van der Waals surface area (Å²) in [5, 5.41) is 2.35. The Labute approximate surface area is 93.4 Å². The second-order valence-corrected chi connectivity index (χ2v) is 4.05. The van der Waals surface area contributed by atoms with Gasteiger partial charge >= 0.3 is 0 Å². The Balaban J connectivity index is 2.35. The van der Waals surface area contributed by atoms with Gasteiger partial charge in [-0.2, -0.15) is 0 Å². The average Bonchev–Trinajstić information content (AvgIpc) is 2.39. The Bertz CT molecular complexity index is 392. The summed E-state index contributed by atoms with van der Waals surface area (Å²) in [6, 6.07) is 5.67. The first-order chi connectivity index (χ1) is 7.20. The molecule has 0 saturated heterocycles. The molecule has 1 atom stereocenters. The fraction of sp³-hybridized carbons (Fsp3) is 0.364. The molecule has 0 radical (unpaired) electrons. The van der Waals surface area contributed by atoms with E-state index in [0.717, 1.165) is 23.4 Å². The summed E-state index contributed by atoms with van der Waals surface area (Å²) in [5.41, 5.74) is 1.91. The van der Waals surface area contributed by atoms with Crippen LogP contribution in [-0.4, -0.2) is 18.4 Å². The highest BCUT2D eigenvalue weighted by Crippen LogP contribution is 2.27. The van der Waals surface area contributed by atoms with Crippen molar-refractivity contribution in [3.05, 3.63) is 23.8 Å². The predicted octanol–water partition coefficient (Wildman–Crippen LogP) is 2.19. The molecule has 1 aliphatic rings. The van der Waals surface area contributed by atoms with E-state index in [9.17, 15) is 4.79 Å². The molecule has 1 N–H and O–H groups in total. The summed E-state index contributed by atoms with van der Waals surface area (Å²) >= 11 is 5.89. The molecular formula is C11H12ClNO2. The molecule has 2 rings (SSSR count). The van der Waals surface area contributed by atoms with Crippen LogP contribution in [0.15, 0.2) is 18.2 Å². The summed E-state index contributed by atoms with van der Waals surface area (Å²) in [5.74, 6) is 0.603. The first kappa shape index (κ1) is 10.3. The molecule has 0 saturated carbocycles. The SMILES string of the molecule is COc1ccc2c(c1)NC(=O)C(Cl)CC2. The molecule has 1 aromatic rings. The van der Waals surface area contributed by atoms with Crippen LogP contribution in [0.3, 0.4) is 0 Å². The van der Waals surface area contributed by atoms with Gasteiger partial charge < -0.3 is 10.1 Å². The number of carbonyl (C=O) groups is 1. The van der Waals surface area contributed by atoms with Gasteiger partial charge in [0.1, 0.15) is 11.1 Å². The molecule has 1 heterocycles. The third kappa shape index (κ3) is 2.07. The highest BCUT2D eigenvalue weighted by molar-refractivity contribution is 6.32. The van der Waals surface area contributed by atoms with Crippen LogP contribution < -0.4 is 10.1 Å². The molecule has 3 nitrogen and oxygen atoms in total. The lowest BCUT2D eigenvalue weighted by Crippen LogP contribution is -2.21. The zero-order chi connectivity index (χ0) is 10.8. The molecule has 1 unspecified atom stereocenters. The number of ether oxygens (including phenoxy) is 1. The van der Waals surface area contributed by atoms with Crippen LogP contribution in [-0.2, 0) is 11.2 Å². The van der Waals surface area contributed by atoms with E-state index in [1.807, 2.05) is 18.2 Å². The van der Waals surface area contributed by atoms with Gasteiger partial charge in [0, 0.05) is 11.8 Å². The van der Waals surface area contributed by atoms with E-state index in [2.05, 4.69) is 5.32 Å². The van der Waals surface area contributed by atoms with Crippen LogP contribution in [0.2, 0.25) is 0 Å². The van der Waals surface area contributed by atoms with Crippen molar-refractivity contribution in [3.8, 4) is 5.75 Å². The van der Waals surface area contributed by atoms with Gasteiger partial charge in [-0.1, -0.05) is 6.07 Å². The van der Waals surface area contributed by atoms with E-state index in [0.29, 0.717) is 6.42 Å². The Morgan fingerprint density at radius 2 is 2.33 bits per heavy atom. The Hall–Kier alpha value is -1.22. The van der Waals surface area contributed by atoms with E-state index in [-0.39, 0.29) is 5.91 Å². The number of alkyl halides is 1. The molecule has 0 fully saturated rings. The van der Waals surface area contributed by atoms with Crippen molar-refractivity contribution in [2.75, 3.05) is 12.4 Å². The second-order valence-electron chi connectivity index (χ2n) is 3.52. The van der Waals surface area contributed by atoms with E-state index >= 15 is 0 Å². The number of hydrogen-bond donors (Lipinski definition) is 1. The molecule has 1 aliphatic heterocycles. The molecule has 1 amide bonds. The number of fused-ring (bicyclic) bond motifs is 1. The van der Waals surface area contributed by atoms with Gasteiger partial charge in [-0.05, 0) is 24.5 Å². The van der Waals surface area contributed by atoms with Crippen molar-refractivity contribution in [2.24, 2.45) is 0 Å². The Morgan fingerprint density at radius 1 is 1.53 bits per heavy atom. The van der Waals surface area contributed by atoms with Crippen LogP contribution in [0.1, 0.15) is 12.0 Å². The third-order valence-electron chi connectivity index (χ3n) is 2.53. The van der Waals surface area contributed by atoms with Gasteiger partial charge in [0.05, 0.1) is 7.11 Å². The smallest absolute Gasteiger partial charge is 0.242 e. The highest BCUT2D eigenvalue weighted by atomic mass is 35.5. The van der Waals surface area contributed by atoms with Crippen LogP contribution >= 0.6 is 11.6 Å². The lowest BCUT2D eigenvalue weighted by atomic mass is 10.1. The number of benzene rings is 1. The summed E-state index contributed by atoms with van der Waals surface area (Å²) in [4.78, 5) is 11.5. The van der Waals surface area contributed by atoms with Crippen molar-refractivity contribution >= 4 is 23.2 Å². The summed E-state index contributed by atoms with van der Waals surface area (Å²) < 4.78 is 5.10. The van der Waals surface area contributed by atoms with Gasteiger partial charge in [-0.15, -0.1) is 11.6 Å². The van der Waals surface area contributed by atoms with Gasteiger partial charge in [0.2, 0.25) is 5.91 Å². The lowest BCUT2D eigenvalue weighted by Gasteiger charge is -2.08. The minimum Gasteiger partial charge on any atom is -0.497 e. The summed E-state index contributed by atoms with van der Waals surface area (Å²) in [7, 11) is 1.60. The fourth-order valence-corrected chi connectivity index (χ4v) is 1.80. The standard InChI is InChI=1S/C11H12ClNO2/c1-15-8-4-2-7-3-5-9(12)11(14)13-10(7)6-8/h2,4,6,9H,3,5H2,1H3,(H,13,14). The number of rotatable bonds is 1. The third-order valence-corrected chi connectivity index (χ3v) is 2.94. The minimum atomic E-state index is -0.441. The summed E-state index contributed by atoms with van der Waals surface area (Å²) in [6.07, 6.45) is 1.49. The molecule has 0 aliphatic carbocycles. The predicted molar refractivity (Wildman–Crippen MR) is 59.6 cm³/mol. The molecule has 0 aromatic heterocycles. The van der Waals surface area contributed by atoms with Crippen LogP contribution in [0.5, 0.6) is 5.75 Å². The largest absolute Gasteiger partial charge is 0.497 e. The maximum Gasteiger partial charge on any atom is 0.242 e. The number of halogens is 1. The number of carbonyl (C=O) groups excluding carboxylic acids is 1. The van der Waals surface area contributed by atoms with Crippen LogP contribution in [0, 0.1) is 0 Å². The molecule has 1 aromatic carbocycles. The molecule has 15 heavy (non-hydrogen) atoms. The maximum atomic E-state index is 11.5. The average molecular weight is 226 g/mol. The number of anilines is 1. The van der Waals surface area contributed by atoms with Crippen molar-refractivity contribution in [3.63, 3.8) is 0 Å². The van der Waals surface area contributed by atoms with Crippen molar-refractivity contribution < 1.29 is 9.53 Å². The normalized spacial score (nSPS) is 20.1. The summed E-state index contributed by atoms with van der Waals surface area (Å²) in [6.45, 7) is 0. The first-order valence-corrected chi connectivity index (χ1v) is 5.26. The van der Waals surface area contributed by atoms with Crippen molar-refractivity contribution in [1.82, 2.24) is 0 Å². The van der Waals surface area contributed by atoms with Crippen molar-refractivity contribution in [2.45, 2.75) is 18.2 Å². The minimum absolute atomic E-state index is 0.135. The van der Waals surface area contributed by atoms with Gasteiger partial charge in [0.25, 0.3) is 0 Å². The number of nitrogens with one attached hydrogen (secondary N) is 1. The van der Waals surface area contributed by atoms with Crippen molar-refractivity contribution in [1.29, 1.82) is 0 Å². The Morgan fingerprint density at radius 3 is 3.07 bits per heavy atom.